The van der Waals surface area contributed by atoms with Crippen LogP contribution in [0.15, 0.2) is 10.5 Å². The van der Waals surface area contributed by atoms with Crippen molar-refractivity contribution in [2.75, 3.05) is 6.54 Å². The molecular formula is C17H23NO4. The number of aliphatic carboxylic acids is 1. The van der Waals surface area contributed by atoms with Gasteiger partial charge in [-0.05, 0) is 37.7 Å². The molecule has 0 aromatic carbocycles. The van der Waals surface area contributed by atoms with Gasteiger partial charge < -0.3 is 14.4 Å². The van der Waals surface area contributed by atoms with E-state index in [4.69, 9.17) is 4.42 Å². The molecule has 1 aromatic heterocycles. The van der Waals surface area contributed by atoms with Crippen molar-refractivity contribution in [2.45, 2.75) is 52.0 Å². The third kappa shape index (κ3) is 2.32. The third-order valence-corrected chi connectivity index (χ3v) is 5.14. The molecule has 0 unspecified atom stereocenters. The summed E-state index contributed by atoms with van der Waals surface area (Å²) < 4.78 is 5.65. The number of aryl methyl sites for hydroxylation is 1. The SMILES string of the molecule is Cc1oc(C(C)C)cc1C(=O)N1C[C@@H]2CCC[C@H]2[C@H]1C(=O)O. The van der Waals surface area contributed by atoms with E-state index in [1.807, 2.05) is 13.8 Å². The maximum absolute atomic E-state index is 12.9. The summed E-state index contributed by atoms with van der Waals surface area (Å²) in [6.07, 6.45) is 3.01. The lowest BCUT2D eigenvalue weighted by atomic mass is 9.94. The first kappa shape index (κ1) is 15.1. The van der Waals surface area contributed by atoms with E-state index in [1.165, 1.54) is 0 Å². The first-order chi connectivity index (χ1) is 10.4. The topological polar surface area (TPSA) is 70.8 Å². The lowest BCUT2D eigenvalue weighted by Crippen LogP contribution is -2.43. The number of carbonyl (C=O) groups is 2. The van der Waals surface area contributed by atoms with Crippen molar-refractivity contribution in [1.29, 1.82) is 0 Å². The highest BCUT2D eigenvalue weighted by atomic mass is 16.4. The van der Waals surface area contributed by atoms with E-state index >= 15 is 0 Å². The predicted molar refractivity (Wildman–Crippen MR) is 80.8 cm³/mol. The first-order valence-corrected chi connectivity index (χ1v) is 8.04. The van der Waals surface area contributed by atoms with Crippen molar-refractivity contribution in [3.05, 3.63) is 23.2 Å². The van der Waals surface area contributed by atoms with Gasteiger partial charge in [-0.2, -0.15) is 0 Å². The van der Waals surface area contributed by atoms with Crippen molar-refractivity contribution in [3.8, 4) is 0 Å². The summed E-state index contributed by atoms with van der Waals surface area (Å²) >= 11 is 0. The van der Waals surface area contributed by atoms with Crippen LogP contribution in [-0.2, 0) is 4.79 Å². The maximum atomic E-state index is 12.9. The molecule has 120 valence electrons. The fraction of sp³-hybridized carbons (Fsp3) is 0.647. The number of fused-ring (bicyclic) bond motifs is 1. The molecule has 1 saturated carbocycles. The average Bonchev–Trinajstić information content (AvgIpc) is 3.09. The molecule has 3 rings (SSSR count). The maximum Gasteiger partial charge on any atom is 0.326 e. The summed E-state index contributed by atoms with van der Waals surface area (Å²) in [4.78, 5) is 26.1. The molecule has 1 saturated heterocycles. The Hall–Kier alpha value is -1.78. The normalized spacial score (nSPS) is 27.5. The van der Waals surface area contributed by atoms with Gasteiger partial charge in [0.1, 0.15) is 17.6 Å². The molecular weight excluding hydrogens is 282 g/mol. The van der Waals surface area contributed by atoms with Crippen LogP contribution in [0.5, 0.6) is 0 Å². The largest absolute Gasteiger partial charge is 0.480 e. The minimum absolute atomic E-state index is 0.109. The van der Waals surface area contributed by atoms with Crippen molar-refractivity contribution in [1.82, 2.24) is 4.90 Å². The second kappa shape index (κ2) is 5.45. The molecule has 5 nitrogen and oxygen atoms in total. The van der Waals surface area contributed by atoms with Crippen molar-refractivity contribution in [2.24, 2.45) is 11.8 Å². The highest BCUT2D eigenvalue weighted by Crippen LogP contribution is 2.43. The van der Waals surface area contributed by atoms with Crippen LogP contribution in [0.1, 0.15) is 60.9 Å². The number of nitrogens with zero attached hydrogens (tertiary/aromatic N) is 1. The Balaban J connectivity index is 1.89. The molecule has 1 amide bonds. The molecule has 22 heavy (non-hydrogen) atoms. The monoisotopic (exact) mass is 305 g/mol. The molecule has 0 radical (unpaired) electrons. The fourth-order valence-corrected chi connectivity index (χ4v) is 3.99. The average molecular weight is 305 g/mol. The molecule has 1 aliphatic heterocycles. The Labute approximate surface area is 130 Å². The summed E-state index contributed by atoms with van der Waals surface area (Å²) in [6, 6.07) is 1.09. The van der Waals surface area contributed by atoms with Gasteiger partial charge in [-0.25, -0.2) is 4.79 Å². The van der Waals surface area contributed by atoms with Crippen LogP contribution in [0.2, 0.25) is 0 Å². The van der Waals surface area contributed by atoms with Crippen LogP contribution >= 0.6 is 0 Å². The molecule has 1 N–H and O–H groups in total. The van der Waals surface area contributed by atoms with E-state index in [0.29, 0.717) is 23.8 Å². The van der Waals surface area contributed by atoms with Crippen LogP contribution < -0.4 is 0 Å². The van der Waals surface area contributed by atoms with Crippen molar-refractivity contribution >= 4 is 11.9 Å². The minimum Gasteiger partial charge on any atom is -0.480 e. The number of carboxylic acid groups (broad SMARTS) is 1. The highest BCUT2D eigenvalue weighted by Gasteiger charge is 2.50. The van der Waals surface area contributed by atoms with Crippen LogP contribution in [0.4, 0.5) is 0 Å². The van der Waals surface area contributed by atoms with E-state index in [-0.39, 0.29) is 17.7 Å². The molecule has 5 heteroatoms. The fourth-order valence-electron chi connectivity index (χ4n) is 3.99. The Morgan fingerprint density at radius 1 is 1.36 bits per heavy atom. The number of furan rings is 1. The molecule has 2 aliphatic rings. The van der Waals surface area contributed by atoms with Gasteiger partial charge in [-0.3, -0.25) is 4.79 Å². The molecule has 1 aromatic rings. The van der Waals surface area contributed by atoms with E-state index in [9.17, 15) is 14.7 Å². The van der Waals surface area contributed by atoms with Crippen molar-refractivity contribution in [3.63, 3.8) is 0 Å². The first-order valence-electron chi connectivity index (χ1n) is 8.04. The number of carbonyl (C=O) groups excluding carboxylic acids is 1. The lowest BCUT2D eigenvalue weighted by molar-refractivity contribution is -0.142. The summed E-state index contributed by atoms with van der Waals surface area (Å²) in [5.41, 5.74) is 0.509. The predicted octanol–water partition coefficient (Wildman–Crippen LogP) is 3.04. The van der Waals surface area contributed by atoms with Crippen LogP contribution in [0, 0.1) is 18.8 Å². The van der Waals surface area contributed by atoms with Gasteiger partial charge in [0.25, 0.3) is 5.91 Å². The quantitative estimate of drug-likeness (QED) is 0.931. The van der Waals surface area contributed by atoms with Crippen LogP contribution in [0.3, 0.4) is 0 Å². The Kier molecular flexibility index (Phi) is 3.75. The number of rotatable bonds is 3. The molecule has 3 atom stereocenters. The number of amides is 1. The van der Waals surface area contributed by atoms with Gasteiger partial charge in [0.05, 0.1) is 5.56 Å². The summed E-state index contributed by atoms with van der Waals surface area (Å²) in [6.45, 7) is 6.34. The molecule has 1 aliphatic carbocycles. The highest BCUT2D eigenvalue weighted by molar-refractivity contribution is 5.98. The van der Waals surface area contributed by atoms with Crippen molar-refractivity contribution < 1.29 is 19.1 Å². The summed E-state index contributed by atoms with van der Waals surface area (Å²) in [5.74, 6) is 0.915. The molecule has 0 bridgehead atoms. The number of carboxylic acids is 1. The van der Waals surface area contributed by atoms with Crippen LogP contribution in [0.25, 0.3) is 0 Å². The zero-order valence-corrected chi connectivity index (χ0v) is 13.3. The van der Waals surface area contributed by atoms with Gasteiger partial charge in [-0.1, -0.05) is 20.3 Å². The molecule has 2 heterocycles. The number of hydrogen-bond donors (Lipinski definition) is 1. The Morgan fingerprint density at radius 2 is 2.09 bits per heavy atom. The standard InChI is InChI=1S/C17H23NO4/c1-9(2)14-7-13(10(3)22-14)16(19)18-8-11-5-4-6-12(11)15(18)17(20)21/h7,9,11-12,15H,4-6,8H2,1-3H3,(H,20,21)/t11-,12+,15-/m0/s1. The third-order valence-electron chi connectivity index (χ3n) is 5.14. The molecule has 2 fully saturated rings. The number of likely N-dealkylation sites (tertiary alicyclic amines) is 1. The van der Waals surface area contributed by atoms with E-state index in [1.54, 1.807) is 17.9 Å². The van der Waals surface area contributed by atoms with Gasteiger partial charge in [-0.15, -0.1) is 0 Å². The zero-order chi connectivity index (χ0) is 16.0. The van der Waals surface area contributed by atoms with E-state index in [0.717, 1.165) is 25.0 Å². The number of hydrogen-bond acceptors (Lipinski definition) is 3. The minimum atomic E-state index is -0.881. The van der Waals surface area contributed by atoms with E-state index in [2.05, 4.69) is 0 Å². The summed E-state index contributed by atoms with van der Waals surface area (Å²) in [5, 5.41) is 9.57. The smallest absolute Gasteiger partial charge is 0.326 e. The molecule has 0 spiro atoms. The summed E-state index contributed by atoms with van der Waals surface area (Å²) in [7, 11) is 0. The van der Waals surface area contributed by atoms with Gasteiger partial charge in [0, 0.05) is 12.5 Å². The van der Waals surface area contributed by atoms with E-state index < -0.39 is 12.0 Å². The second-order valence-electron chi connectivity index (χ2n) is 6.87. The zero-order valence-electron chi connectivity index (χ0n) is 13.3. The second-order valence-corrected chi connectivity index (χ2v) is 6.87. The van der Waals surface area contributed by atoms with Gasteiger partial charge >= 0.3 is 5.97 Å². The van der Waals surface area contributed by atoms with Gasteiger partial charge in [0.2, 0.25) is 0 Å². The Morgan fingerprint density at radius 3 is 2.68 bits per heavy atom. The van der Waals surface area contributed by atoms with Gasteiger partial charge in [0.15, 0.2) is 0 Å². The Bertz CT molecular complexity index is 604. The lowest BCUT2D eigenvalue weighted by Gasteiger charge is -2.24. The van der Waals surface area contributed by atoms with Crippen LogP contribution in [-0.4, -0.2) is 34.5 Å².